The van der Waals surface area contributed by atoms with Crippen LogP contribution in [0, 0.1) is 0 Å². The molecular weight excluding hydrogens is 260 g/mol. The number of carbonyl (C=O) groups is 1. The molecule has 0 atom stereocenters. The van der Waals surface area contributed by atoms with Crippen LogP contribution in [0.3, 0.4) is 0 Å². The van der Waals surface area contributed by atoms with Gasteiger partial charge in [0, 0.05) is 16.2 Å². The predicted octanol–water partition coefficient (Wildman–Crippen LogP) is 5.21. The Hall–Kier alpha value is -0.410. The first-order chi connectivity index (χ1) is 8.75. The summed E-state index contributed by atoms with van der Waals surface area (Å²) in [5, 5.41) is 0.147. The van der Waals surface area contributed by atoms with Gasteiger partial charge >= 0.3 is 0 Å². The summed E-state index contributed by atoms with van der Waals surface area (Å²) in [7, 11) is 0. The molecular formula is C15H22OS2. The van der Waals surface area contributed by atoms with Crippen molar-refractivity contribution in [2.24, 2.45) is 0 Å². The molecule has 0 fully saturated rings. The van der Waals surface area contributed by atoms with E-state index in [9.17, 15) is 4.79 Å². The Morgan fingerprint density at radius 2 is 1.78 bits per heavy atom. The lowest BCUT2D eigenvalue weighted by atomic mass is 10.1. The molecule has 100 valence electrons. The van der Waals surface area contributed by atoms with E-state index < -0.39 is 0 Å². The van der Waals surface area contributed by atoms with Crippen molar-refractivity contribution >= 4 is 29.5 Å². The van der Waals surface area contributed by atoms with Crippen molar-refractivity contribution in [3.05, 3.63) is 29.8 Å². The molecule has 0 heterocycles. The summed E-state index contributed by atoms with van der Waals surface area (Å²) in [6.07, 6.45) is 7.61. The van der Waals surface area contributed by atoms with Gasteiger partial charge in [-0.15, -0.1) is 12.6 Å². The lowest BCUT2D eigenvalue weighted by molar-refractivity contribution is 0.108. The minimum absolute atomic E-state index is 0.147. The minimum atomic E-state index is 0.147. The van der Waals surface area contributed by atoms with Gasteiger partial charge in [0.05, 0.1) is 0 Å². The highest BCUT2D eigenvalue weighted by Crippen LogP contribution is 2.20. The van der Waals surface area contributed by atoms with Crippen LogP contribution in [0.5, 0.6) is 0 Å². The van der Waals surface area contributed by atoms with E-state index in [1.165, 1.54) is 43.9 Å². The highest BCUT2D eigenvalue weighted by Gasteiger charge is 2.08. The molecule has 0 aliphatic heterocycles. The molecule has 0 N–H and O–H groups in total. The summed E-state index contributed by atoms with van der Waals surface area (Å²) >= 11 is 5.72. The molecule has 0 aliphatic carbocycles. The first-order valence-electron chi connectivity index (χ1n) is 6.70. The van der Waals surface area contributed by atoms with Crippen LogP contribution in [0.4, 0.5) is 0 Å². The molecule has 0 spiro atoms. The van der Waals surface area contributed by atoms with E-state index in [-0.39, 0.29) is 5.12 Å². The predicted molar refractivity (Wildman–Crippen MR) is 83.9 cm³/mol. The Morgan fingerprint density at radius 1 is 1.11 bits per heavy atom. The maximum Gasteiger partial charge on any atom is 0.220 e. The lowest BCUT2D eigenvalue weighted by Crippen LogP contribution is -1.96. The molecule has 0 bridgehead atoms. The number of unbranched alkanes of at least 4 members (excludes halogenated alkanes) is 5. The van der Waals surface area contributed by atoms with Crippen molar-refractivity contribution < 1.29 is 4.79 Å². The second-order valence-electron chi connectivity index (χ2n) is 4.42. The number of carbonyl (C=O) groups excluding carboxylic acids is 1. The fraction of sp³-hybridized carbons (Fsp3) is 0.533. The van der Waals surface area contributed by atoms with E-state index in [0.717, 1.165) is 22.6 Å². The zero-order chi connectivity index (χ0) is 13.2. The first kappa shape index (κ1) is 15.6. The van der Waals surface area contributed by atoms with Gasteiger partial charge in [0.15, 0.2) is 0 Å². The molecule has 0 radical (unpaired) electrons. The number of rotatable bonds is 8. The van der Waals surface area contributed by atoms with Gasteiger partial charge in [-0.05, 0) is 18.6 Å². The molecule has 1 aromatic carbocycles. The van der Waals surface area contributed by atoms with E-state index in [1.54, 1.807) is 0 Å². The standard InChI is InChI=1S/C15H22OS2/c1-2-3-4-5-6-9-12-18-15(16)13-10-7-8-11-14(13)17/h7-8,10-11,17H,2-6,9,12H2,1H3. The van der Waals surface area contributed by atoms with Crippen LogP contribution in [-0.4, -0.2) is 10.9 Å². The molecule has 0 unspecified atom stereocenters. The maximum atomic E-state index is 11.9. The van der Waals surface area contributed by atoms with Crippen molar-refractivity contribution in [2.75, 3.05) is 5.75 Å². The molecule has 0 aliphatic rings. The van der Waals surface area contributed by atoms with Gasteiger partial charge in [-0.3, -0.25) is 4.79 Å². The maximum absolute atomic E-state index is 11.9. The molecule has 3 heteroatoms. The Morgan fingerprint density at radius 3 is 2.50 bits per heavy atom. The van der Waals surface area contributed by atoms with Crippen LogP contribution < -0.4 is 0 Å². The number of thioether (sulfide) groups is 1. The van der Waals surface area contributed by atoms with E-state index in [2.05, 4.69) is 19.6 Å². The van der Waals surface area contributed by atoms with E-state index >= 15 is 0 Å². The number of benzene rings is 1. The molecule has 0 aromatic heterocycles. The van der Waals surface area contributed by atoms with Gasteiger partial charge in [0.2, 0.25) is 5.12 Å². The van der Waals surface area contributed by atoms with Crippen molar-refractivity contribution in [3.8, 4) is 0 Å². The highest BCUT2D eigenvalue weighted by atomic mass is 32.2. The fourth-order valence-corrected chi connectivity index (χ4v) is 2.98. The largest absolute Gasteiger partial charge is 0.282 e. The number of hydrogen-bond acceptors (Lipinski definition) is 3. The normalized spacial score (nSPS) is 10.6. The fourth-order valence-electron chi connectivity index (χ4n) is 1.77. The molecule has 0 saturated carbocycles. The van der Waals surface area contributed by atoms with Crippen molar-refractivity contribution in [1.82, 2.24) is 0 Å². The molecule has 1 aromatic rings. The third-order valence-corrected chi connectivity index (χ3v) is 4.22. The SMILES string of the molecule is CCCCCCCCSC(=O)c1ccccc1S. The summed E-state index contributed by atoms with van der Waals surface area (Å²) in [5.41, 5.74) is 0.733. The van der Waals surface area contributed by atoms with Gasteiger partial charge < -0.3 is 0 Å². The lowest BCUT2D eigenvalue weighted by Gasteiger charge is -2.03. The molecule has 1 rings (SSSR count). The zero-order valence-electron chi connectivity index (χ0n) is 11.0. The van der Waals surface area contributed by atoms with Crippen molar-refractivity contribution in [3.63, 3.8) is 0 Å². The van der Waals surface area contributed by atoms with Crippen LogP contribution in [0.15, 0.2) is 29.2 Å². The molecule has 0 saturated heterocycles. The third-order valence-electron chi connectivity index (χ3n) is 2.86. The second kappa shape index (κ2) is 9.51. The van der Waals surface area contributed by atoms with Gasteiger partial charge in [-0.1, -0.05) is 62.9 Å². The summed E-state index contributed by atoms with van der Waals surface area (Å²) < 4.78 is 0. The van der Waals surface area contributed by atoms with Gasteiger partial charge in [0.25, 0.3) is 0 Å². The average Bonchev–Trinajstić information content (AvgIpc) is 2.38. The van der Waals surface area contributed by atoms with E-state index in [4.69, 9.17) is 0 Å². The van der Waals surface area contributed by atoms with E-state index in [1.807, 2.05) is 24.3 Å². The highest BCUT2D eigenvalue weighted by molar-refractivity contribution is 8.14. The van der Waals surface area contributed by atoms with Gasteiger partial charge in [-0.2, -0.15) is 0 Å². The Kier molecular flexibility index (Phi) is 8.27. The summed E-state index contributed by atoms with van der Waals surface area (Å²) in [6.45, 7) is 2.23. The van der Waals surface area contributed by atoms with Crippen LogP contribution >= 0.6 is 24.4 Å². The summed E-state index contributed by atoms with van der Waals surface area (Å²) in [6, 6.07) is 7.50. The van der Waals surface area contributed by atoms with Crippen LogP contribution in [-0.2, 0) is 0 Å². The van der Waals surface area contributed by atoms with Crippen LogP contribution in [0.1, 0.15) is 55.8 Å². The molecule has 18 heavy (non-hydrogen) atoms. The summed E-state index contributed by atoms with van der Waals surface area (Å²) in [4.78, 5) is 12.7. The molecule has 0 amide bonds. The first-order valence-corrected chi connectivity index (χ1v) is 8.14. The van der Waals surface area contributed by atoms with Crippen molar-refractivity contribution in [2.45, 2.75) is 50.3 Å². The molecule has 1 nitrogen and oxygen atoms in total. The Bertz CT molecular complexity index is 363. The Labute approximate surface area is 120 Å². The smallest absolute Gasteiger partial charge is 0.220 e. The average molecular weight is 282 g/mol. The monoisotopic (exact) mass is 282 g/mol. The second-order valence-corrected chi connectivity index (χ2v) is 5.97. The van der Waals surface area contributed by atoms with Crippen molar-refractivity contribution in [1.29, 1.82) is 0 Å². The zero-order valence-corrected chi connectivity index (χ0v) is 12.7. The number of thiol groups is 1. The van der Waals surface area contributed by atoms with E-state index in [0.29, 0.717) is 0 Å². The van der Waals surface area contributed by atoms with Gasteiger partial charge in [0.1, 0.15) is 0 Å². The van der Waals surface area contributed by atoms with Crippen LogP contribution in [0.25, 0.3) is 0 Å². The third kappa shape index (κ3) is 5.96. The Balaban J connectivity index is 2.16. The minimum Gasteiger partial charge on any atom is -0.282 e. The summed E-state index contributed by atoms with van der Waals surface area (Å²) in [5.74, 6) is 0.924. The van der Waals surface area contributed by atoms with Gasteiger partial charge in [-0.25, -0.2) is 0 Å². The quantitative estimate of drug-likeness (QED) is 0.521. The number of hydrogen-bond donors (Lipinski definition) is 1. The van der Waals surface area contributed by atoms with Crippen LogP contribution in [0.2, 0.25) is 0 Å². The topological polar surface area (TPSA) is 17.1 Å².